The van der Waals surface area contributed by atoms with Gasteiger partial charge in [0.05, 0.1) is 25.0 Å². The average Bonchev–Trinajstić information content (AvgIpc) is 2.73. The molecule has 1 fully saturated rings. The maximum Gasteiger partial charge on any atom is 0.317 e. The lowest BCUT2D eigenvalue weighted by Gasteiger charge is -2.36. The molecule has 144 valence electrons. The number of rotatable bonds is 6. The van der Waals surface area contributed by atoms with E-state index < -0.39 is 0 Å². The fraction of sp³-hybridized carbons (Fsp3) is 0.400. The summed E-state index contributed by atoms with van der Waals surface area (Å²) in [6, 6.07) is 11.3. The number of para-hydroxylation sites is 2. The van der Waals surface area contributed by atoms with Crippen molar-refractivity contribution in [2.24, 2.45) is 0 Å². The molecule has 1 atom stereocenters. The SMILES string of the molecule is COc1ccccc1OC[C@@H](C)NC(=O)N1CCN(c2cccnc2)CC1. The van der Waals surface area contributed by atoms with Gasteiger partial charge in [-0.1, -0.05) is 12.1 Å². The van der Waals surface area contributed by atoms with Gasteiger partial charge in [-0.05, 0) is 31.2 Å². The van der Waals surface area contributed by atoms with Crippen molar-refractivity contribution in [2.45, 2.75) is 13.0 Å². The molecule has 0 bridgehead atoms. The fourth-order valence-corrected chi connectivity index (χ4v) is 3.01. The van der Waals surface area contributed by atoms with Gasteiger partial charge in [-0.3, -0.25) is 4.98 Å². The van der Waals surface area contributed by atoms with Crippen LogP contribution in [0.2, 0.25) is 0 Å². The summed E-state index contributed by atoms with van der Waals surface area (Å²) in [4.78, 5) is 20.7. The van der Waals surface area contributed by atoms with Crippen molar-refractivity contribution in [3.8, 4) is 11.5 Å². The lowest BCUT2D eigenvalue weighted by Crippen LogP contribution is -2.53. The first-order chi connectivity index (χ1) is 13.2. The van der Waals surface area contributed by atoms with Crippen LogP contribution in [0.4, 0.5) is 10.5 Å². The van der Waals surface area contributed by atoms with Gasteiger partial charge in [-0.25, -0.2) is 4.79 Å². The number of aromatic nitrogens is 1. The zero-order valence-corrected chi connectivity index (χ0v) is 15.8. The average molecular weight is 370 g/mol. The van der Waals surface area contributed by atoms with Crippen LogP contribution >= 0.6 is 0 Å². The van der Waals surface area contributed by atoms with Crippen LogP contribution < -0.4 is 19.7 Å². The summed E-state index contributed by atoms with van der Waals surface area (Å²) in [6.07, 6.45) is 3.62. The highest BCUT2D eigenvalue weighted by atomic mass is 16.5. The molecule has 7 nitrogen and oxygen atoms in total. The largest absolute Gasteiger partial charge is 0.493 e. The third kappa shape index (κ3) is 5.03. The van der Waals surface area contributed by atoms with Crippen LogP contribution in [0.3, 0.4) is 0 Å². The molecule has 0 unspecified atom stereocenters. The molecule has 3 rings (SSSR count). The third-order valence-electron chi connectivity index (χ3n) is 4.51. The summed E-state index contributed by atoms with van der Waals surface area (Å²) in [5.74, 6) is 1.36. The number of carbonyl (C=O) groups excluding carboxylic acids is 1. The first-order valence-electron chi connectivity index (χ1n) is 9.13. The van der Waals surface area contributed by atoms with Gasteiger partial charge in [0.1, 0.15) is 6.61 Å². The lowest BCUT2D eigenvalue weighted by molar-refractivity contribution is 0.183. The molecule has 0 saturated carbocycles. The maximum atomic E-state index is 12.5. The second kappa shape index (κ2) is 9.12. The molecule has 0 spiro atoms. The van der Waals surface area contributed by atoms with Gasteiger partial charge in [0.15, 0.2) is 11.5 Å². The zero-order chi connectivity index (χ0) is 19.1. The van der Waals surface area contributed by atoms with Crippen LogP contribution in [-0.2, 0) is 0 Å². The molecular formula is C20H26N4O3. The summed E-state index contributed by atoms with van der Waals surface area (Å²) in [7, 11) is 1.61. The predicted octanol–water partition coefficient (Wildman–Crippen LogP) is 2.39. The van der Waals surface area contributed by atoms with E-state index in [1.54, 1.807) is 13.3 Å². The van der Waals surface area contributed by atoms with Crippen molar-refractivity contribution < 1.29 is 14.3 Å². The molecule has 0 radical (unpaired) electrons. The summed E-state index contributed by atoms with van der Waals surface area (Å²) in [5, 5.41) is 3.00. The number of amides is 2. The van der Waals surface area contributed by atoms with Crippen molar-refractivity contribution in [1.29, 1.82) is 0 Å². The standard InChI is InChI=1S/C20H26N4O3/c1-16(15-27-19-8-4-3-7-18(19)26-2)22-20(25)24-12-10-23(11-13-24)17-6-5-9-21-14-17/h3-9,14,16H,10-13,15H2,1-2H3,(H,22,25)/t16-/m1/s1. The first-order valence-corrected chi connectivity index (χ1v) is 9.13. The molecular weight excluding hydrogens is 344 g/mol. The predicted molar refractivity (Wildman–Crippen MR) is 105 cm³/mol. The molecule has 2 aromatic rings. The van der Waals surface area contributed by atoms with E-state index >= 15 is 0 Å². The summed E-state index contributed by atoms with van der Waals surface area (Å²) in [6.45, 7) is 5.26. The number of hydrogen-bond acceptors (Lipinski definition) is 5. The number of nitrogens with zero attached hydrogens (tertiary/aromatic N) is 3. The van der Waals surface area contributed by atoms with Crippen molar-refractivity contribution in [2.75, 3.05) is 44.8 Å². The van der Waals surface area contributed by atoms with Gasteiger partial charge in [-0.2, -0.15) is 0 Å². The van der Waals surface area contributed by atoms with E-state index in [4.69, 9.17) is 9.47 Å². The normalized spacial score (nSPS) is 15.2. The van der Waals surface area contributed by atoms with Crippen LogP contribution in [0.1, 0.15) is 6.92 Å². The summed E-state index contributed by atoms with van der Waals surface area (Å²) in [5.41, 5.74) is 1.09. The maximum absolute atomic E-state index is 12.5. The molecule has 7 heteroatoms. The summed E-state index contributed by atoms with van der Waals surface area (Å²) < 4.78 is 11.1. The minimum atomic E-state index is -0.112. The van der Waals surface area contributed by atoms with Crippen LogP contribution in [0, 0.1) is 0 Å². The van der Waals surface area contributed by atoms with Gasteiger partial charge in [0.2, 0.25) is 0 Å². The number of piperazine rings is 1. The van der Waals surface area contributed by atoms with Gasteiger partial charge in [0.25, 0.3) is 0 Å². The van der Waals surface area contributed by atoms with E-state index in [1.807, 2.05) is 54.4 Å². The molecule has 1 aliphatic rings. The fourth-order valence-electron chi connectivity index (χ4n) is 3.01. The Morgan fingerprint density at radius 3 is 2.56 bits per heavy atom. The minimum absolute atomic E-state index is 0.0584. The number of methoxy groups -OCH3 is 1. The van der Waals surface area contributed by atoms with E-state index in [2.05, 4.69) is 15.2 Å². The van der Waals surface area contributed by atoms with Crippen LogP contribution in [0.5, 0.6) is 11.5 Å². The number of pyridine rings is 1. The molecule has 1 aliphatic heterocycles. The van der Waals surface area contributed by atoms with E-state index in [9.17, 15) is 4.79 Å². The Bertz CT molecular complexity index is 733. The van der Waals surface area contributed by atoms with Gasteiger partial charge >= 0.3 is 6.03 Å². The van der Waals surface area contributed by atoms with Crippen LogP contribution in [0.25, 0.3) is 0 Å². The number of benzene rings is 1. The number of nitrogens with one attached hydrogen (secondary N) is 1. The quantitative estimate of drug-likeness (QED) is 0.846. The number of hydrogen-bond donors (Lipinski definition) is 1. The third-order valence-corrected chi connectivity index (χ3v) is 4.51. The second-order valence-corrected chi connectivity index (χ2v) is 6.50. The highest BCUT2D eigenvalue weighted by Gasteiger charge is 2.22. The molecule has 1 aromatic heterocycles. The van der Waals surface area contributed by atoms with Crippen LogP contribution in [0.15, 0.2) is 48.8 Å². The molecule has 27 heavy (non-hydrogen) atoms. The van der Waals surface area contributed by atoms with E-state index in [-0.39, 0.29) is 12.1 Å². The first kappa shape index (κ1) is 18.8. The van der Waals surface area contributed by atoms with E-state index in [0.29, 0.717) is 31.2 Å². The Morgan fingerprint density at radius 1 is 1.15 bits per heavy atom. The van der Waals surface area contributed by atoms with E-state index in [0.717, 1.165) is 18.8 Å². The zero-order valence-electron chi connectivity index (χ0n) is 15.8. The molecule has 2 amide bonds. The Balaban J connectivity index is 1.44. The highest BCUT2D eigenvalue weighted by Crippen LogP contribution is 2.25. The second-order valence-electron chi connectivity index (χ2n) is 6.50. The number of urea groups is 1. The Hall–Kier alpha value is -2.96. The Morgan fingerprint density at radius 2 is 1.89 bits per heavy atom. The number of anilines is 1. The highest BCUT2D eigenvalue weighted by molar-refractivity contribution is 5.74. The minimum Gasteiger partial charge on any atom is -0.493 e. The molecule has 2 heterocycles. The van der Waals surface area contributed by atoms with E-state index in [1.165, 1.54) is 0 Å². The molecule has 1 saturated heterocycles. The number of ether oxygens (including phenoxy) is 2. The lowest BCUT2D eigenvalue weighted by atomic mass is 10.3. The van der Waals surface area contributed by atoms with Gasteiger partial charge in [0, 0.05) is 32.4 Å². The Kier molecular flexibility index (Phi) is 6.35. The van der Waals surface area contributed by atoms with Crippen LogP contribution in [-0.4, -0.2) is 61.9 Å². The van der Waals surface area contributed by atoms with Crippen molar-refractivity contribution in [3.63, 3.8) is 0 Å². The molecule has 0 aliphatic carbocycles. The Labute approximate surface area is 159 Å². The van der Waals surface area contributed by atoms with Crippen molar-refractivity contribution in [3.05, 3.63) is 48.8 Å². The smallest absolute Gasteiger partial charge is 0.317 e. The molecule has 1 aromatic carbocycles. The molecule has 1 N–H and O–H groups in total. The van der Waals surface area contributed by atoms with Gasteiger partial charge < -0.3 is 24.6 Å². The summed E-state index contributed by atoms with van der Waals surface area (Å²) >= 11 is 0. The topological polar surface area (TPSA) is 66.9 Å². The monoisotopic (exact) mass is 370 g/mol. The van der Waals surface area contributed by atoms with Crippen molar-refractivity contribution >= 4 is 11.7 Å². The van der Waals surface area contributed by atoms with Gasteiger partial charge in [-0.15, -0.1) is 0 Å². The van der Waals surface area contributed by atoms with Crippen molar-refractivity contribution in [1.82, 2.24) is 15.2 Å². The number of carbonyl (C=O) groups is 1.